The molecule has 1 amide bonds. The van der Waals surface area contributed by atoms with E-state index in [0.29, 0.717) is 12.5 Å². The minimum atomic E-state index is 0.0153. The number of amides is 1. The molecule has 1 aliphatic rings. The zero-order chi connectivity index (χ0) is 20.1. The summed E-state index contributed by atoms with van der Waals surface area (Å²) in [5.41, 5.74) is 3.54. The topological polar surface area (TPSA) is 23.6 Å². The van der Waals surface area contributed by atoms with Gasteiger partial charge in [-0.2, -0.15) is 0 Å². The predicted molar refractivity (Wildman–Crippen MR) is 120 cm³/mol. The van der Waals surface area contributed by atoms with Crippen molar-refractivity contribution in [2.75, 3.05) is 25.4 Å². The standard InChI is InChI=1S/C23H29ClN2OS/c1-17(2)14-25(15-19-10-8-18(3)9-11-19)16-22(27)26-12-13-28-23(26)20-6-4-5-7-21(20)24/h4-11,17,23H,12-16H2,1-3H3/t23-/m1/s1. The summed E-state index contributed by atoms with van der Waals surface area (Å²) in [6.07, 6.45) is 0. The maximum atomic E-state index is 13.2. The van der Waals surface area contributed by atoms with Gasteiger partial charge in [-0.25, -0.2) is 0 Å². The van der Waals surface area contributed by atoms with Gasteiger partial charge in [-0.15, -0.1) is 11.8 Å². The van der Waals surface area contributed by atoms with Crippen molar-refractivity contribution < 1.29 is 4.79 Å². The molecular formula is C23H29ClN2OS. The number of carbonyl (C=O) groups is 1. The third kappa shape index (κ3) is 5.53. The fourth-order valence-electron chi connectivity index (χ4n) is 3.59. The van der Waals surface area contributed by atoms with Crippen molar-refractivity contribution in [1.82, 2.24) is 9.80 Å². The van der Waals surface area contributed by atoms with Crippen molar-refractivity contribution in [3.8, 4) is 0 Å². The number of benzene rings is 2. The molecule has 28 heavy (non-hydrogen) atoms. The van der Waals surface area contributed by atoms with Gasteiger partial charge in [0.15, 0.2) is 0 Å². The van der Waals surface area contributed by atoms with Gasteiger partial charge in [0, 0.05) is 36.0 Å². The third-order valence-corrected chi connectivity index (χ3v) is 6.48. The normalized spacial score (nSPS) is 16.9. The Hall–Kier alpha value is -1.49. The van der Waals surface area contributed by atoms with Crippen LogP contribution in [-0.4, -0.2) is 41.1 Å². The van der Waals surface area contributed by atoms with Crippen LogP contribution in [0.5, 0.6) is 0 Å². The van der Waals surface area contributed by atoms with Gasteiger partial charge in [-0.3, -0.25) is 9.69 Å². The third-order valence-electron chi connectivity index (χ3n) is 4.89. The van der Waals surface area contributed by atoms with Gasteiger partial charge in [0.1, 0.15) is 5.37 Å². The summed E-state index contributed by atoms with van der Waals surface area (Å²) < 4.78 is 0. The van der Waals surface area contributed by atoms with Gasteiger partial charge in [-0.05, 0) is 24.5 Å². The van der Waals surface area contributed by atoms with Crippen molar-refractivity contribution in [3.63, 3.8) is 0 Å². The van der Waals surface area contributed by atoms with E-state index in [1.54, 1.807) is 11.8 Å². The van der Waals surface area contributed by atoms with E-state index in [0.717, 1.165) is 36.0 Å². The van der Waals surface area contributed by atoms with E-state index in [1.807, 2.05) is 29.2 Å². The van der Waals surface area contributed by atoms with Crippen LogP contribution in [0.3, 0.4) is 0 Å². The molecule has 0 aliphatic carbocycles. The van der Waals surface area contributed by atoms with Crippen LogP contribution in [-0.2, 0) is 11.3 Å². The summed E-state index contributed by atoms with van der Waals surface area (Å²) in [4.78, 5) is 17.5. The van der Waals surface area contributed by atoms with Gasteiger partial charge in [0.25, 0.3) is 0 Å². The van der Waals surface area contributed by atoms with Crippen molar-refractivity contribution in [3.05, 3.63) is 70.2 Å². The van der Waals surface area contributed by atoms with Crippen molar-refractivity contribution in [1.29, 1.82) is 0 Å². The van der Waals surface area contributed by atoms with E-state index >= 15 is 0 Å². The van der Waals surface area contributed by atoms with Gasteiger partial charge < -0.3 is 4.90 Å². The maximum Gasteiger partial charge on any atom is 0.237 e. The van der Waals surface area contributed by atoms with Crippen molar-refractivity contribution >= 4 is 29.3 Å². The lowest BCUT2D eigenvalue weighted by Gasteiger charge is -2.29. The smallest absolute Gasteiger partial charge is 0.237 e. The van der Waals surface area contributed by atoms with Crippen LogP contribution in [0.15, 0.2) is 48.5 Å². The second-order valence-corrected chi connectivity index (χ2v) is 9.48. The summed E-state index contributed by atoms with van der Waals surface area (Å²) in [5.74, 6) is 1.64. The second-order valence-electron chi connectivity index (χ2n) is 7.88. The van der Waals surface area contributed by atoms with Crippen LogP contribution >= 0.6 is 23.4 Å². The van der Waals surface area contributed by atoms with E-state index in [4.69, 9.17) is 11.6 Å². The Bertz CT molecular complexity index is 793. The fourth-order valence-corrected chi connectivity index (χ4v) is 5.21. The lowest BCUT2D eigenvalue weighted by atomic mass is 10.1. The zero-order valence-corrected chi connectivity index (χ0v) is 18.5. The molecule has 0 N–H and O–H groups in total. The van der Waals surface area contributed by atoms with E-state index < -0.39 is 0 Å². The van der Waals surface area contributed by atoms with Gasteiger partial charge in [-0.1, -0.05) is 73.5 Å². The van der Waals surface area contributed by atoms with Gasteiger partial charge in [0.05, 0.1) is 6.54 Å². The second kappa shape index (κ2) is 9.82. The van der Waals surface area contributed by atoms with Crippen LogP contribution in [0.2, 0.25) is 5.02 Å². The average molecular weight is 417 g/mol. The van der Waals surface area contributed by atoms with Crippen LogP contribution in [0.25, 0.3) is 0 Å². The molecule has 1 aliphatic heterocycles. The fraction of sp³-hybridized carbons (Fsp3) is 0.435. The number of carbonyl (C=O) groups excluding carboxylic acids is 1. The summed E-state index contributed by atoms with van der Waals surface area (Å²) >= 11 is 8.20. The molecule has 1 saturated heterocycles. The predicted octanol–water partition coefficient (Wildman–Crippen LogP) is 5.38. The Labute approximate surface area is 178 Å². The molecule has 1 fully saturated rings. The number of nitrogens with zero attached hydrogens (tertiary/aromatic N) is 2. The molecule has 0 spiro atoms. The summed E-state index contributed by atoms with van der Waals surface area (Å²) in [6, 6.07) is 16.4. The van der Waals surface area contributed by atoms with Crippen LogP contribution < -0.4 is 0 Å². The highest BCUT2D eigenvalue weighted by molar-refractivity contribution is 7.99. The largest absolute Gasteiger partial charge is 0.325 e. The Kier molecular flexibility index (Phi) is 7.44. The molecule has 150 valence electrons. The first-order valence-corrected chi connectivity index (χ1v) is 11.3. The van der Waals surface area contributed by atoms with Crippen molar-refractivity contribution in [2.24, 2.45) is 5.92 Å². The number of rotatable bonds is 7. The number of hydrogen-bond donors (Lipinski definition) is 0. The maximum absolute atomic E-state index is 13.2. The Morgan fingerprint density at radius 2 is 1.93 bits per heavy atom. The van der Waals surface area contributed by atoms with Gasteiger partial charge in [0.2, 0.25) is 5.91 Å². The molecule has 0 unspecified atom stereocenters. The highest BCUT2D eigenvalue weighted by Gasteiger charge is 2.32. The Balaban J connectivity index is 1.71. The molecule has 2 aromatic rings. The van der Waals surface area contributed by atoms with E-state index in [1.165, 1.54) is 11.1 Å². The molecule has 1 heterocycles. The van der Waals surface area contributed by atoms with E-state index in [-0.39, 0.29) is 11.3 Å². The first-order chi connectivity index (χ1) is 13.4. The molecule has 0 bridgehead atoms. The highest BCUT2D eigenvalue weighted by atomic mass is 35.5. The zero-order valence-electron chi connectivity index (χ0n) is 16.9. The molecule has 0 saturated carbocycles. The molecular weight excluding hydrogens is 388 g/mol. The Morgan fingerprint density at radius 1 is 1.21 bits per heavy atom. The number of hydrogen-bond acceptors (Lipinski definition) is 3. The van der Waals surface area contributed by atoms with Crippen molar-refractivity contribution in [2.45, 2.75) is 32.7 Å². The van der Waals surface area contributed by atoms with Crippen LogP contribution in [0, 0.1) is 12.8 Å². The average Bonchev–Trinajstić information content (AvgIpc) is 3.13. The minimum absolute atomic E-state index is 0.0153. The summed E-state index contributed by atoms with van der Waals surface area (Å²) in [7, 11) is 0. The minimum Gasteiger partial charge on any atom is -0.325 e. The lowest BCUT2D eigenvalue weighted by molar-refractivity contribution is -0.132. The first kappa shape index (κ1) is 21.2. The molecule has 3 nitrogen and oxygen atoms in total. The van der Waals surface area contributed by atoms with E-state index in [2.05, 4.69) is 49.9 Å². The first-order valence-electron chi connectivity index (χ1n) is 9.87. The number of halogens is 1. The molecule has 2 aromatic carbocycles. The monoisotopic (exact) mass is 416 g/mol. The number of thioether (sulfide) groups is 1. The molecule has 5 heteroatoms. The number of aryl methyl sites for hydroxylation is 1. The summed E-state index contributed by atoms with van der Waals surface area (Å²) in [6.45, 7) is 9.40. The van der Waals surface area contributed by atoms with E-state index in [9.17, 15) is 4.79 Å². The quantitative estimate of drug-likeness (QED) is 0.605. The Morgan fingerprint density at radius 3 is 2.61 bits per heavy atom. The highest BCUT2D eigenvalue weighted by Crippen LogP contribution is 2.40. The molecule has 3 rings (SSSR count). The van der Waals surface area contributed by atoms with Crippen LogP contribution in [0.4, 0.5) is 0 Å². The summed E-state index contributed by atoms with van der Waals surface area (Å²) in [5, 5.41) is 0.750. The molecule has 0 radical (unpaired) electrons. The van der Waals surface area contributed by atoms with Crippen LogP contribution in [0.1, 0.15) is 35.9 Å². The lowest BCUT2D eigenvalue weighted by Crippen LogP contribution is -2.41. The van der Waals surface area contributed by atoms with Gasteiger partial charge >= 0.3 is 0 Å². The molecule has 1 atom stereocenters. The molecule has 0 aromatic heterocycles. The SMILES string of the molecule is Cc1ccc(CN(CC(=O)N2CCS[C@@H]2c2ccccc2Cl)CC(C)C)cc1.